The lowest BCUT2D eigenvalue weighted by molar-refractivity contribution is -0.143. The normalized spacial score (nSPS) is 12.3. The third-order valence-electron chi connectivity index (χ3n) is 3.73. The van der Waals surface area contributed by atoms with E-state index in [1.807, 2.05) is 0 Å². The number of aliphatic hydroxyl groups excluding tert-OH is 1. The van der Waals surface area contributed by atoms with E-state index in [0.717, 1.165) is 32.4 Å². The minimum atomic E-state index is -0.260. The summed E-state index contributed by atoms with van der Waals surface area (Å²) in [5, 5.41) is 12.3. The van der Waals surface area contributed by atoms with Gasteiger partial charge in [-0.25, -0.2) is 0 Å². The Kier molecular flexibility index (Phi) is 16.3. The van der Waals surface area contributed by atoms with E-state index in [1.165, 1.54) is 44.9 Å². The zero-order valence-corrected chi connectivity index (χ0v) is 14.7. The first kappa shape index (κ1) is 21.4. The Morgan fingerprint density at radius 2 is 1.64 bits per heavy atom. The quantitative estimate of drug-likeness (QED) is 0.336. The molecular weight excluding hydrogens is 278 g/mol. The summed E-state index contributed by atoms with van der Waals surface area (Å²) in [6, 6.07) is 0. The molecule has 2 N–H and O–H groups in total. The summed E-state index contributed by atoms with van der Waals surface area (Å²) in [6.07, 6.45) is 11.9. The lowest BCUT2D eigenvalue weighted by Gasteiger charge is -2.07. The highest BCUT2D eigenvalue weighted by molar-refractivity contribution is 5.69. The van der Waals surface area contributed by atoms with Crippen LogP contribution in [0.3, 0.4) is 0 Å². The Balaban J connectivity index is 3.16. The monoisotopic (exact) mass is 315 g/mol. The molecule has 22 heavy (non-hydrogen) atoms. The average Bonchev–Trinajstić information content (AvgIpc) is 2.48. The van der Waals surface area contributed by atoms with Crippen LogP contribution in [0.25, 0.3) is 0 Å². The molecule has 0 aliphatic carbocycles. The van der Waals surface area contributed by atoms with Crippen molar-refractivity contribution in [3.05, 3.63) is 0 Å². The van der Waals surface area contributed by atoms with Crippen LogP contribution in [0.2, 0.25) is 0 Å². The number of hydrogen-bond donors (Lipinski definition) is 2. The summed E-state index contributed by atoms with van der Waals surface area (Å²) in [7, 11) is 0. The number of rotatable bonds is 16. The maximum atomic E-state index is 11.5. The van der Waals surface area contributed by atoms with Crippen LogP contribution in [0, 0.1) is 0 Å². The number of aliphatic hydroxyl groups is 1. The lowest BCUT2D eigenvalue weighted by atomic mass is 10.1. The smallest absolute Gasteiger partial charge is 0.305 e. The maximum Gasteiger partial charge on any atom is 0.305 e. The molecule has 0 fully saturated rings. The Hall–Kier alpha value is -0.610. The number of unbranched alkanes of at least 4 members (excludes halogenated alkanes) is 7. The first-order valence-electron chi connectivity index (χ1n) is 9.21. The van der Waals surface area contributed by atoms with Crippen molar-refractivity contribution in [2.75, 3.05) is 19.7 Å². The zero-order valence-electron chi connectivity index (χ0n) is 14.7. The van der Waals surface area contributed by atoms with Crippen molar-refractivity contribution < 1.29 is 14.6 Å². The molecule has 0 spiro atoms. The Morgan fingerprint density at radius 3 is 2.27 bits per heavy atom. The van der Waals surface area contributed by atoms with Crippen molar-refractivity contribution in [3.63, 3.8) is 0 Å². The summed E-state index contributed by atoms with van der Waals surface area (Å²) >= 11 is 0. The Labute approximate surface area is 137 Å². The van der Waals surface area contributed by atoms with Gasteiger partial charge in [0.15, 0.2) is 0 Å². The van der Waals surface area contributed by atoms with Crippen molar-refractivity contribution in [1.82, 2.24) is 5.32 Å². The van der Waals surface area contributed by atoms with Gasteiger partial charge >= 0.3 is 5.97 Å². The van der Waals surface area contributed by atoms with Crippen molar-refractivity contribution >= 4 is 5.97 Å². The molecule has 1 atom stereocenters. The van der Waals surface area contributed by atoms with E-state index >= 15 is 0 Å². The van der Waals surface area contributed by atoms with Gasteiger partial charge in [-0.05, 0) is 39.3 Å². The molecule has 0 rings (SSSR count). The molecule has 0 aromatic carbocycles. The van der Waals surface area contributed by atoms with Gasteiger partial charge in [-0.1, -0.05) is 51.9 Å². The summed E-state index contributed by atoms with van der Waals surface area (Å²) in [5.41, 5.74) is 0. The zero-order chi connectivity index (χ0) is 16.5. The fraction of sp³-hybridized carbons (Fsp3) is 0.944. The Morgan fingerprint density at radius 1 is 1.00 bits per heavy atom. The van der Waals surface area contributed by atoms with Crippen LogP contribution in [-0.2, 0) is 9.53 Å². The topological polar surface area (TPSA) is 58.6 Å². The summed E-state index contributed by atoms with van der Waals surface area (Å²) in [4.78, 5) is 11.5. The first-order chi connectivity index (χ1) is 10.7. The van der Waals surface area contributed by atoms with Crippen LogP contribution in [-0.4, -0.2) is 36.9 Å². The van der Waals surface area contributed by atoms with Gasteiger partial charge in [0.25, 0.3) is 0 Å². The first-order valence-corrected chi connectivity index (χ1v) is 9.21. The molecule has 1 unspecified atom stereocenters. The predicted molar refractivity (Wildman–Crippen MR) is 92.0 cm³/mol. The molecule has 0 bridgehead atoms. The molecule has 132 valence electrons. The Bertz CT molecular complexity index is 244. The third kappa shape index (κ3) is 17.4. The molecule has 0 radical (unpaired) electrons. The van der Waals surface area contributed by atoms with E-state index in [2.05, 4.69) is 12.2 Å². The molecule has 0 aliphatic heterocycles. The van der Waals surface area contributed by atoms with Crippen molar-refractivity contribution in [2.24, 2.45) is 0 Å². The highest BCUT2D eigenvalue weighted by Gasteiger charge is 2.02. The molecular formula is C18H37NO3. The van der Waals surface area contributed by atoms with Crippen LogP contribution < -0.4 is 5.32 Å². The van der Waals surface area contributed by atoms with Gasteiger partial charge < -0.3 is 15.2 Å². The van der Waals surface area contributed by atoms with Crippen molar-refractivity contribution in [3.8, 4) is 0 Å². The van der Waals surface area contributed by atoms with Crippen LogP contribution in [0.1, 0.15) is 84.5 Å². The lowest BCUT2D eigenvalue weighted by Crippen LogP contribution is -2.21. The van der Waals surface area contributed by atoms with Crippen LogP contribution in [0.5, 0.6) is 0 Å². The standard InChI is InChI=1S/C18H37NO3/c1-3-4-5-6-7-8-9-10-16-22-18(21)12-11-14-19-15-13-17(2)20/h17,19-20H,3-16H2,1-2H3. The summed E-state index contributed by atoms with van der Waals surface area (Å²) in [5.74, 6) is -0.0831. The minimum Gasteiger partial charge on any atom is -0.466 e. The van der Waals surface area contributed by atoms with Crippen molar-refractivity contribution in [1.29, 1.82) is 0 Å². The van der Waals surface area contributed by atoms with E-state index in [0.29, 0.717) is 13.0 Å². The van der Waals surface area contributed by atoms with Gasteiger partial charge in [-0.2, -0.15) is 0 Å². The maximum absolute atomic E-state index is 11.5. The molecule has 0 aromatic rings. The highest BCUT2D eigenvalue weighted by Crippen LogP contribution is 2.08. The van der Waals surface area contributed by atoms with Gasteiger partial charge in [-0.3, -0.25) is 4.79 Å². The van der Waals surface area contributed by atoms with Crippen LogP contribution >= 0.6 is 0 Å². The van der Waals surface area contributed by atoms with Crippen molar-refractivity contribution in [2.45, 2.75) is 90.6 Å². The van der Waals surface area contributed by atoms with E-state index in [4.69, 9.17) is 9.84 Å². The molecule has 0 saturated heterocycles. The van der Waals surface area contributed by atoms with Gasteiger partial charge in [0, 0.05) is 6.42 Å². The molecule has 4 heteroatoms. The van der Waals surface area contributed by atoms with Gasteiger partial charge in [0.05, 0.1) is 12.7 Å². The molecule has 0 saturated carbocycles. The van der Waals surface area contributed by atoms with E-state index in [1.54, 1.807) is 6.92 Å². The molecule has 0 aliphatic rings. The number of carbonyl (C=O) groups is 1. The SMILES string of the molecule is CCCCCCCCCCOC(=O)CCCNCCC(C)O. The van der Waals surface area contributed by atoms with Crippen LogP contribution in [0.4, 0.5) is 0 Å². The predicted octanol–water partition coefficient (Wildman–Crippen LogP) is 3.81. The second kappa shape index (κ2) is 16.8. The molecule has 0 aromatic heterocycles. The fourth-order valence-electron chi connectivity index (χ4n) is 2.29. The van der Waals surface area contributed by atoms with Crippen LogP contribution in [0.15, 0.2) is 0 Å². The van der Waals surface area contributed by atoms with Gasteiger partial charge in [0.2, 0.25) is 0 Å². The van der Waals surface area contributed by atoms with E-state index in [9.17, 15) is 4.79 Å². The number of ether oxygens (including phenoxy) is 1. The van der Waals surface area contributed by atoms with Gasteiger partial charge in [-0.15, -0.1) is 0 Å². The second-order valence-corrected chi connectivity index (χ2v) is 6.19. The second-order valence-electron chi connectivity index (χ2n) is 6.19. The highest BCUT2D eigenvalue weighted by atomic mass is 16.5. The third-order valence-corrected chi connectivity index (χ3v) is 3.73. The number of hydrogen-bond acceptors (Lipinski definition) is 4. The largest absolute Gasteiger partial charge is 0.466 e. The molecule has 0 amide bonds. The van der Waals surface area contributed by atoms with E-state index in [-0.39, 0.29) is 12.1 Å². The summed E-state index contributed by atoms with van der Waals surface area (Å²) in [6.45, 7) is 6.19. The number of carbonyl (C=O) groups excluding carboxylic acids is 1. The molecule has 4 nitrogen and oxygen atoms in total. The number of nitrogens with one attached hydrogen (secondary N) is 1. The minimum absolute atomic E-state index is 0.0831. The number of esters is 1. The summed E-state index contributed by atoms with van der Waals surface area (Å²) < 4.78 is 5.23. The average molecular weight is 315 g/mol. The fourth-order valence-corrected chi connectivity index (χ4v) is 2.29. The molecule has 0 heterocycles. The van der Waals surface area contributed by atoms with Gasteiger partial charge in [0.1, 0.15) is 0 Å². The van der Waals surface area contributed by atoms with E-state index < -0.39 is 0 Å².